The fraction of sp³-hybridized carbons (Fsp3) is 0.818. The Labute approximate surface area is 114 Å². The first-order valence-corrected chi connectivity index (χ1v) is 5.98. The van der Waals surface area contributed by atoms with Crippen LogP contribution in [0.15, 0.2) is 0 Å². The molecular weight excluding hydrogens is 258 g/mol. The van der Waals surface area contributed by atoms with Gasteiger partial charge in [-0.3, -0.25) is 9.59 Å². The number of amides is 2. The van der Waals surface area contributed by atoms with Crippen LogP contribution in [0.4, 0.5) is 0 Å². The third-order valence-electron chi connectivity index (χ3n) is 2.46. The van der Waals surface area contributed by atoms with Crippen LogP contribution in [0.5, 0.6) is 0 Å². The number of carbonyl (C=O) groups is 2. The smallest absolute Gasteiger partial charge is 0.234 e. The molecule has 0 spiro atoms. The van der Waals surface area contributed by atoms with Crippen molar-refractivity contribution in [1.29, 1.82) is 0 Å². The molecule has 0 unspecified atom stereocenters. The highest BCUT2D eigenvalue weighted by molar-refractivity contribution is 5.85. The van der Waals surface area contributed by atoms with Gasteiger partial charge < -0.3 is 20.7 Å². The Hall–Kier alpha value is -0.850. The molecule has 3 N–H and O–H groups in total. The lowest BCUT2D eigenvalue weighted by atomic mass is 10.4. The fourth-order valence-electron chi connectivity index (χ4n) is 1.32. The first-order chi connectivity index (χ1) is 8.24. The van der Waals surface area contributed by atoms with Crippen LogP contribution >= 0.6 is 12.4 Å². The van der Waals surface area contributed by atoms with Crippen LogP contribution < -0.4 is 16.0 Å². The summed E-state index contributed by atoms with van der Waals surface area (Å²) in [5.74, 6) is 0.264. The predicted molar refractivity (Wildman–Crippen MR) is 70.7 cm³/mol. The van der Waals surface area contributed by atoms with Crippen molar-refractivity contribution in [3.63, 3.8) is 0 Å². The highest BCUT2D eigenvalue weighted by atomic mass is 35.5. The van der Waals surface area contributed by atoms with Crippen LogP contribution in [0.25, 0.3) is 0 Å². The van der Waals surface area contributed by atoms with Gasteiger partial charge in [0, 0.05) is 32.7 Å². The molecule has 106 valence electrons. The Kier molecular flexibility index (Phi) is 9.63. The molecule has 0 radical (unpaired) electrons. The molecule has 7 heteroatoms. The zero-order valence-corrected chi connectivity index (χ0v) is 11.5. The van der Waals surface area contributed by atoms with Crippen LogP contribution in [0, 0.1) is 5.92 Å². The van der Waals surface area contributed by atoms with Gasteiger partial charge in [0.05, 0.1) is 13.2 Å². The largest absolute Gasteiger partial charge is 0.383 e. The Morgan fingerprint density at radius 1 is 1.17 bits per heavy atom. The molecular formula is C11H22ClN3O3. The Bertz CT molecular complexity index is 260. The number of hydrogen-bond donors (Lipinski definition) is 3. The van der Waals surface area contributed by atoms with E-state index in [2.05, 4.69) is 16.0 Å². The number of rotatable bonds is 9. The molecule has 0 aromatic heterocycles. The molecule has 0 aromatic carbocycles. The van der Waals surface area contributed by atoms with E-state index in [0.29, 0.717) is 26.2 Å². The van der Waals surface area contributed by atoms with Crippen molar-refractivity contribution in [1.82, 2.24) is 16.0 Å². The van der Waals surface area contributed by atoms with Gasteiger partial charge in [0.25, 0.3) is 0 Å². The summed E-state index contributed by atoms with van der Waals surface area (Å²) in [6, 6.07) is 0. The van der Waals surface area contributed by atoms with E-state index in [1.165, 1.54) is 0 Å². The van der Waals surface area contributed by atoms with Crippen LogP contribution in [-0.4, -0.2) is 51.7 Å². The Balaban J connectivity index is 0.00000289. The van der Waals surface area contributed by atoms with E-state index in [-0.39, 0.29) is 36.7 Å². The highest BCUT2D eigenvalue weighted by Crippen LogP contribution is 2.28. The molecule has 1 saturated carbocycles. The number of carbonyl (C=O) groups excluding carboxylic acids is 2. The lowest BCUT2D eigenvalue weighted by molar-refractivity contribution is -0.123. The van der Waals surface area contributed by atoms with E-state index in [1.807, 2.05) is 0 Å². The summed E-state index contributed by atoms with van der Waals surface area (Å²) in [5, 5.41) is 8.44. The van der Waals surface area contributed by atoms with Crippen molar-refractivity contribution in [3.8, 4) is 0 Å². The number of methoxy groups -OCH3 is 1. The van der Waals surface area contributed by atoms with Crippen molar-refractivity contribution >= 4 is 24.2 Å². The van der Waals surface area contributed by atoms with Crippen molar-refractivity contribution in [2.24, 2.45) is 5.92 Å². The fourth-order valence-corrected chi connectivity index (χ4v) is 1.32. The maximum Gasteiger partial charge on any atom is 0.234 e. The third-order valence-corrected chi connectivity index (χ3v) is 2.46. The van der Waals surface area contributed by atoms with Gasteiger partial charge in [-0.25, -0.2) is 0 Å². The van der Waals surface area contributed by atoms with Gasteiger partial charge in [-0.05, 0) is 12.8 Å². The third kappa shape index (κ3) is 8.27. The quantitative estimate of drug-likeness (QED) is 0.487. The molecule has 1 rings (SSSR count). The molecule has 0 atom stereocenters. The van der Waals surface area contributed by atoms with Crippen LogP contribution in [0.2, 0.25) is 0 Å². The summed E-state index contributed by atoms with van der Waals surface area (Å²) in [5.41, 5.74) is 0. The molecule has 6 nitrogen and oxygen atoms in total. The first kappa shape index (κ1) is 17.2. The second kappa shape index (κ2) is 10.1. The normalized spacial score (nSPS) is 13.6. The van der Waals surface area contributed by atoms with Gasteiger partial charge in [0.15, 0.2) is 0 Å². The number of hydrogen-bond acceptors (Lipinski definition) is 4. The molecule has 18 heavy (non-hydrogen) atoms. The lowest BCUT2D eigenvalue weighted by Gasteiger charge is -2.07. The van der Waals surface area contributed by atoms with Crippen molar-refractivity contribution < 1.29 is 14.3 Å². The maximum absolute atomic E-state index is 11.3. The van der Waals surface area contributed by atoms with Crippen LogP contribution in [0.3, 0.4) is 0 Å². The molecule has 0 bridgehead atoms. The minimum atomic E-state index is -0.0678. The second-order valence-corrected chi connectivity index (χ2v) is 4.08. The van der Waals surface area contributed by atoms with E-state index in [1.54, 1.807) is 7.11 Å². The van der Waals surface area contributed by atoms with Crippen LogP contribution in [0.1, 0.15) is 12.8 Å². The SMILES string of the molecule is COCCNCC(=O)NCCNC(=O)C1CC1.Cl. The monoisotopic (exact) mass is 279 g/mol. The molecule has 0 saturated heterocycles. The Morgan fingerprint density at radius 3 is 2.44 bits per heavy atom. The number of ether oxygens (including phenoxy) is 1. The number of halogens is 1. The summed E-state index contributed by atoms with van der Waals surface area (Å²) in [6.07, 6.45) is 2.00. The van der Waals surface area contributed by atoms with Gasteiger partial charge >= 0.3 is 0 Å². The van der Waals surface area contributed by atoms with Gasteiger partial charge in [0.2, 0.25) is 11.8 Å². The average Bonchev–Trinajstić information content (AvgIpc) is 3.14. The minimum Gasteiger partial charge on any atom is -0.383 e. The Morgan fingerprint density at radius 2 is 1.83 bits per heavy atom. The van der Waals surface area contributed by atoms with Gasteiger partial charge in [0.1, 0.15) is 0 Å². The van der Waals surface area contributed by atoms with E-state index in [4.69, 9.17) is 4.74 Å². The van der Waals surface area contributed by atoms with E-state index < -0.39 is 0 Å². The molecule has 0 aliphatic heterocycles. The van der Waals surface area contributed by atoms with E-state index in [0.717, 1.165) is 12.8 Å². The van der Waals surface area contributed by atoms with Crippen molar-refractivity contribution in [2.75, 3.05) is 39.9 Å². The molecule has 1 aliphatic rings. The summed E-state index contributed by atoms with van der Waals surface area (Å²) in [4.78, 5) is 22.5. The average molecular weight is 280 g/mol. The summed E-state index contributed by atoms with van der Waals surface area (Å²) >= 11 is 0. The molecule has 2 amide bonds. The molecule has 1 fully saturated rings. The maximum atomic E-state index is 11.3. The summed E-state index contributed by atoms with van der Waals surface area (Å²) in [7, 11) is 1.62. The van der Waals surface area contributed by atoms with Crippen LogP contribution in [-0.2, 0) is 14.3 Å². The lowest BCUT2D eigenvalue weighted by Crippen LogP contribution is -2.39. The van der Waals surface area contributed by atoms with E-state index >= 15 is 0 Å². The minimum absolute atomic E-state index is 0. The molecule has 0 aromatic rings. The number of nitrogens with one attached hydrogen (secondary N) is 3. The predicted octanol–water partition coefficient (Wildman–Crippen LogP) is -0.713. The summed E-state index contributed by atoms with van der Waals surface area (Å²) in [6.45, 7) is 2.50. The summed E-state index contributed by atoms with van der Waals surface area (Å²) < 4.78 is 4.84. The van der Waals surface area contributed by atoms with Gasteiger partial charge in [-0.1, -0.05) is 0 Å². The van der Waals surface area contributed by atoms with Crippen molar-refractivity contribution in [2.45, 2.75) is 12.8 Å². The van der Waals surface area contributed by atoms with E-state index in [9.17, 15) is 9.59 Å². The standard InChI is InChI=1S/C11H21N3O3.ClH/c1-17-7-6-12-8-10(15)13-4-5-14-11(16)9-2-3-9;/h9,12H,2-8H2,1H3,(H,13,15)(H,14,16);1H. The molecule has 0 heterocycles. The van der Waals surface area contributed by atoms with Gasteiger partial charge in [-0.15, -0.1) is 12.4 Å². The van der Waals surface area contributed by atoms with Gasteiger partial charge in [-0.2, -0.15) is 0 Å². The zero-order valence-electron chi connectivity index (χ0n) is 10.7. The zero-order chi connectivity index (χ0) is 12.5. The second-order valence-electron chi connectivity index (χ2n) is 4.08. The topological polar surface area (TPSA) is 79.5 Å². The van der Waals surface area contributed by atoms with Crippen molar-refractivity contribution in [3.05, 3.63) is 0 Å². The first-order valence-electron chi connectivity index (χ1n) is 5.98. The highest BCUT2D eigenvalue weighted by Gasteiger charge is 2.28. The molecule has 1 aliphatic carbocycles.